The van der Waals surface area contributed by atoms with Crippen molar-refractivity contribution in [3.63, 3.8) is 0 Å². The Kier molecular flexibility index (Phi) is 4.63. The highest BCUT2D eigenvalue weighted by molar-refractivity contribution is 6.30. The van der Waals surface area contributed by atoms with E-state index in [1.165, 1.54) is 10.6 Å². The predicted molar refractivity (Wildman–Crippen MR) is 99.9 cm³/mol. The van der Waals surface area contributed by atoms with E-state index in [0.717, 1.165) is 18.9 Å². The van der Waals surface area contributed by atoms with Crippen molar-refractivity contribution < 1.29 is 4.74 Å². The smallest absolute Gasteiger partial charge is 0.253 e. The Morgan fingerprint density at radius 1 is 1.30 bits per heavy atom. The van der Waals surface area contributed by atoms with Gasteiger partial charge in [-0.05, 0) is 13.0 Å². The fourth-order valence-electron chi connectivity index (χ4n) is 2.88. The van der Waals surface area contributed by atoms with Gasteiger partial charge >= 0.3 is 0 Å². The molecule has 3 aromatic heterocycles. The van der Waals surface area contributed by atoms with Crippen LogP contribution in [0, 0.1) is 0 Å². The molecule has 0 amide bonds. The van der Waals surface area contributed by atoms with Crippen molar-refractivity contribution in [1.82, 2.24) is 29.5 Å². The molecule has 1 atom stereocenters. The molecule has 0 bridgehead atoms. The molecule has 1 saturated heterocycles. The second-order valence-electron chi connectivity index (χ2n) is 6.33. The summed E-state index contributed by atoms with van der Waals surface area (Å²) in [5.74, 6) is 0.775. The van der Waals surface area contributed by atoms with Crippen LogP contribution in [0.4, 0.5) is 5.82 Å². The number of ether oxygens (including phenoxy) is 1. The lowest BCUT2D eigenvalue weighted by atomic mass is 10.2. The zero-order chi connectivity index (χ0) is 19.0. The highest BCUT2D eigenvalue weighted by atomic mass is 35.5. The minimum Gasteiger partial charge on any atom is -0.378 e. The molecule has 3 aromatic rings. The standard InChI is InChI=1S/C17H18ClN7O2/c1-11(24-4-3-12(18)5-17(24)26)25-10-15(21-22-25)14-6-19-7-16(20-14)23-8-13(9-23)27-2/h3-7,10-11,13H,8-9H2,1-2H3. The number of hydrogen-bond donors (Lipinski definition) is 0. The van der Waals surface area contributed by atoms with Crippen LogP contribution in [0.3, 0.4) is 0 Å². The van der Waals surface area contributed by atoms with Gasteiger partial charge in [0.1, 0.15) is 23.4 Å². The summed E-state index contributed by atoms with van der Waals surface area (Å²) >= 11 is 5.85. The van der Waals surface area contributed by atoms with E-state index < -0.39 is 0 Å². The van der Waals surface area contributed by atoms with Crippen LogP contribution >= 0.6 is 11.6 Å². The molecule has 0 spiro atoms. The molecule has 0 aliphatic carbocycles. The first kappa shape index (κ1) is 17.6. The lowest BCUT2D eigenvalue weighted by Gasteiger charge is -2.38. The molecule has 4 heterocycles. The van der Waals surface area contributed by atoms with Gasteiger partial charge in [0.25, 0.3) is 5.56 Å². The third kappa shape index (κ3) is 3.43. The van der Waals surface area contributed by atoms with Crippen molar-refractivity contribution in [3.05, 3.63) is 52.3 Å². The van der Waals surface area contributed by atoms with Crippen molar-refractivity contribution in [1.29, 1.82) is 0 Å². The van der Waals surface area contributed by atoms with Gasteiger partial charge in [-0.1, -0.05) is 16.8 Å². The van der Waals surface area contributed by atoms with E-state index in [1.807, 2.05) is 6.92 Å². The van der Waals surface area contributed by atoms with Crippen molar-refractivity contribution in [2.75, 3.05) is 25.1 Å². The number of rotatable bonds is 5. The summed E-state index contributed by atoms with van der Waals surface area (Å²) in [6, 6.07) is 3.03. The molecule has 0 saturated carbocycles. The lowest BCUT2D eigenvalue weighted by Crippen LogP contribution is -2.52. The Morgan fingerprint density at radius 3 is 2.85 bits per heavy atom. The molecule has 140 valence electrons. The third-order valence-electron chi connectivity index (χ3n) is 4.60. The number of methoxy groups -OCH3 is 1. The Morgan fingerprint density at radius 2 is 2.11 bits per heavy atom. The van der Waals surface area contributed by atoms with Crippen LogP contribution in [0.25, 0.3) is 11.4 Å². The molecule has 1 fully saturated rings. The Labute approximate surface area is 160 Å². The number of halogens is 1. The third-order valence-corrected chi connectivity index (χ3v) is 4.83. The van der Waals surface area contributed by atoms with E-state index in [2.05, 4.69) is 25.2 Å². The summed E-state index contributed by atoms with van der Waals surface area (Å²) in [6.07, 6.45) is 6.61. The first-order valence-corrected chi connectivity index (χ1v) is 8.82. The second kappa shape index (κ2) is 7.09. The summed E-state index contributed by atoms with van der Waals surface area (Å²) < 4.78 is 8.42. The minimum absolute atomic E-state index is 0.209. The molecule has 27 heavy (non-hydrogen) atoms. The largest absolute Gasteiger partial charge is 0.378 e. The Bertz CT molecular complexity index is 1010. The van der Waals surface area contributed by atoms with Crippen LogP contribution in [0.5, 0.6) is 0 Å². The molecule has 4 rings (SSSR count). The van der Waals surface area contributed by atoms with E-state index in [0.29, 0.717) is 16.4 Å². The summed E-state index contributed by atoms with van der Waals surface area (Å²) in [6.45, 7) is 3.43. The number of hydrogen-bond acceptors (Lipinski definition) is 7. The van der Waals surface area contributed by atoms with Crippen LogP contribution in [-0.2, 0) is 4.74 Å². The first-order chi connectivity index (χ1) is 13.0. The summed E-state index contributed by atoms with van der Waals surface area (Å²) in [5.41, 5.74) is 0.997. The van der Waals surface area contributed by atoms with E-state index in [9.17, 15) is 4.79 Å². The van der Waals surface area contributed by atoms with Gasteiger partial charge in [-0.25, -0.2) is 9.67 Å². The van der Waals surface area contributed by atoms with Crippen LogP contribution in [-0.4, -0.2) is 55.8 Å². The van der Waals surface area contributed by atoms with Crippen LogP contribution in [0.1, 0.15) is 13.1 Å². The van der Waals surface area contributed by atoms with Crippen LogP contribution < -0.4 is 10.5 Å². The number of nitrogens with zero attached hydrogens (tertiary/aromatic N) is 7. The van der Waals surface area contributed by atoms with E-state index >= 15 is 0 Å². The average Bonchev–Trinajstić information content (AvgIpc) is 3.11. The molecule has 1 aliphatic heterocycles. The van der Waals surface area contributed by atoms with Crippen molar-refractivity contribution in [3.8, 4) is 11.4 Å². The molecule has 0 N–H and O–H groups in total. The van der Waals surface area contributed by atoms with Crippen LogP contribution in [0.15, 0.2) is 41.7 Å². The molecule has 1 aliphatic rings. The molecule has 1 unspecified atom stereocenters. The minimum atomic E-state index is -0.356. The fraction of sp³-hybridized carbons (Fsp3) is 0.353. The number of aromatic nitrogens is 6. The fourth-order valence-corrected chi connectivity index (χ4v) is 3.03. The Hall–Kier alpha value is -2.78. The summed E-state index contributed by atoms with van der Waals surface area (Å²) in [5, 5.41) is 8.72. The van der Waals surface area contributed by atoms with E-state index in [1.54, 1.807) is 42.6 Å². The van der Waals surface area contributed by atoms with Gasteiger partial charge in [-0.3, -0.25) is 14.3 Å². The summed E-state index contributed by atoms with van der Waals surface area (Å²) in [7, 11) is 1.70. The normalized spacial score (nSPS) is 15.6. The maximum absolute atomic E-state index is 12.1. The first-order valence-electron chi connectivity index (χ1n) is 8.45. The molecule has 0 aromatic carbocycles. The van der Waals surface area contributed by atoms with E-state index in [-0.39, 0.29) is 17.8 Å². The van der Waals surface area contributed by atoms with Crippen molar-refractivity contribution in [2.45, 2.75) is 19.2 Å². The highest BCUT2D eigenvalue weighted by Crippen LogP contribution is 2.22. The SMILES string of the molecule is COC1CN(c2cncc(-c3cn(C(C)n4ccc(Cl)cc4=O)nn3)n2)C1. The molecule has 0 radical (unpaired) electrons. The predicted octanol–water partition coefficient (Wildman–Crippen LogP) is 1.45. The maximum Gasteiger partial charge on any atom is 0.253 e. The van der Waals surface area contributed by atoms with Gasteiger partial charge in [-0.2, -0.15) is 0 Å². The van der Waals surface area contributed by atoms with Gasteiger partial charge in [0, 0.05) is 37.5 Å². The summed E-state index contributed by atoms with van der Waals surface area (Å²) in [4.78, 5) is 23.1. The maximum atomic E-state index is 12.1. The highest BCUT2D eigenvalue weighted by Gasteiger charge is 2.28. The van der Waals surface area contributed by atoms with Gasteiger partial charge in [-0.15, -0.1) is 5.10 Å². The van der Waals surface area contributed by atoms with Gasteiger partial charge < -0.3 is 9.64 Å². The number of pyridine rings is 1. The zero-order valence-electron chi connectivity index (χ0n) is 14.9. The zero-order valence-corrected chi connectivity index (χ0v) is 15.6. The van der Waals surface area contributed by atoms with E-state index in [4.69, 9.17) is 16.3 Å². The monoisotopic (exact) mass is 387 g/mol. The topological polar surface area (TPSA) is 91.0 Å². The Balaban J connectivity index is 1.57. The molecule has 10 heteroatoms. The molecular weight excluding hydrogens is 370 g/mol. The molecular formula is C17H18ClN7O2. The average molecular weight is 388 g/mol. The van der Waals surface area contributed by atoms with Gasteiger partial charge in [0.2, 0.25) is 0 Å². The van der Waals surface area contributed by atoms with Gasteiger partial charge in [0.15, 0.2) is 0 Å². The quantitative estimate of drug-likeness (QED) is 0.654. The van der Waals surface area contributed by atoms with Crippen LogP contribution in [0.2, 0.25) is 5.02 Å². The molecule has 9 nitrogen and oxygen atoms in total. The van der Waals surface area contributed by atoms with Crippen molar-refractivity contribution >= 4 is 17.4 Å². The lowest BCUT2D eigenvalue weighted by molar-refractivity contribution is 0.0783. The van der Waals surface area contributed by atoms with Gasteiger partial charge in [0.05, 0.1) is 24.7 Å². The number of anilines is 1. The second-order valence-corrected chi connectivity index (χ2v) is 6.77. The van der Waals surface area contributed by atoms with Crippen molar-refractivity contribution in [2.24, 2.45) is 0 Å².